The molecule has 0 fully saturated rings. The predicted molar refractivity (Wildman–Crippen MR) is 65.7 cm³/mol. The Kier molecular flexibility index (Phi) is 7.37. The zero-order chi connectivity index (χ0) is 12.1. The molecule has 6 nitrogen and oxygen atoms in total. The number of rotatable bonds is 1. The Morgan fingerprint density at radius 3 is 1.38 bits per heavy atom. The summed E-state index contributed by atoms with van der Waals surface area (Å²) in [7, 11) is 1.88. The first kappa shape index (κ1) is 17.6. The summed E-state index contributed by atoms with van der Waals surface area (Å²) in [5, 5.41) is 0. The Bertz CT molecular complexity index is 276. The van der Waals surface area contributed by atoms with Crippen LogP contribution in [0.5, 0.6) is 0 Å². The lowest BCUT2D eigenvalue weighted by Gasteiger charge is -2.22. The van der Waals surface area contributed by atoms with E-state index in [0.29, 0.717) is 0 Å². The molecule has 1 aromatic carbocycles. The van der Waals surface area contributed by atoms with E-state index in [1.165, 1.54) is 5.69 Å². The highest BCUT2D eigenvalue weighted by molar-refractivity contribution is 6.46. The third kappa shape index (κ3) is 11.3. The van der Waals surface area contributed by atoms with Crippen LogP contribution in [0.4, 0.5) is 5.69 Å². The third-order valence-electron chi connectivity index (χ3n) is 1.53. The fraction of sp³-hybridized carbons (Fsp3) is 0.333. The van der Waals surface area contributed by atoms with Crippen LogP contribution in [0, 0.1) is 0 Å². The molecule has 7 heteroatoms. The second-order valence-corrected chi connectivity index (χ2v) is 5.15. The van der Waals surface area contributed by atoms with Gasteiger partial charge in [-0.1, -0.05) is 18.2 Å². The van der Waals surface area contributed by atoms with Crippen LogP contribution in [-0.2, 0) is 0 Å². The third-order valence-corrected chi connectivity index (χ3v) is 1.53. The zero-order valence-corrected chi connectivity index (χ0v) is 10.8. The maximum Gasteiger partial charge on any atom is 0.668 e. The number of nitrogens with zero attached hydrogens (tertiary/aromatic N) is 1. The molecule has 0 aliphatic rings. The normalized spacial score (nSPS) is 10.9. The molecule has 0 unspecified atom stereocenters. The molecule has 0 radical (unpaired) electrons. The van der Waals surface area contributed by atoms with E-state index in [4.69, 9.17) is 19.2 Å². The lowest BCUT2D eigenvalue weighted by Crippen LogP contribution is -2.34. The highest BCUT2D eigenvalue weighted by Crippen LogP contribution is 2.14. The Balaban J connectivity index is 0. The topological polar surface area (TPSA) is 116 Å². The summed E-state index contributed by atoms with van der Waals surface area (Å²) in [6.45, 7) is 0. The summed E-state index contributed by atoms with van der Waals surface area (Å²) in [5.74, 6) is 0. The average molecular weight is 249 g/mol. The SMILES string of the molecule is C[N+](C)(C)c1ccccc1.N.O[Si](O)(O)O. The van der Waals surface area contributed by atoms with E-state index in [2.05, 4.69) is 45.4 Å². The van der Waals surface area contributed by atoms with Crippen molar-refractivity contribution in [1.82, 2.24) is 10.6 Å². The van der Waals surface area contributed by atoms with E-state index in [-0.39, 0.29) is 6.15 Å². The van der Waals surface area contributed by atoms with Crippen LogP contribution in [0.25, 0.3) is 0 Å². The minimum absolute atomic E-state index is 0. The highest BCUT2D eigenvalue weighted by atomic mass is 28.4. The van der Waals surface area contributed by atoms with E-state index >= 15 is 0 Å². The molecule has 1 aromatic rings. The van der Waals surface area contributed by atoms with Crippen molar-refractivity contribution < 1.29 is 19.2 Å². The van der Waals surface area contributed by atoms with Gasteiger partial charge in [0, 0.05) is 0 Å². The van der Waals surface area contributed by atoms with Crippen molar-refractivity contribution in [2.24, 2.45) is 0 Å². The summed E-state index contributed by atoms with van der Waals surface area (Å²) in [6.07, 6.45) is 0. The van der Waals surface area contributed by atoms with Crippen molar-refractivity contribution in [3.63, 3.8) is 0 Å². The largest absolute Gasteiger partial charge is 0.668 e. The molecule has 0 atom stereocenters. The van der Waals surface area contributed by atoms with Gasteiger partial charge in [-0.3, -0.25) is 4.48 Å². The van der Waals surface area contributed by atoms with Crippen molar-refractivity contribution >= 4 is 14.7 Å². The maximum absolute atomic E-state index is 7.33. The van der Waals surface area contributed by atoms with Crippen molar-refractivity contribution in [1.29, 1.82) is 0 Å². The van der Waals surface area contributed by atoms with E-state index in [0.717, 1.165) is 4.48 Å². The van der Waals surface area contributed by atoms with Gasteiger partial charge in [-0.05, 0) is 12.1 Å². The van der Waals surface area contributed by atoms with Crippen LogP contribution in [0.2, 0.25) is 0 Å². The number of hydrogen-bond acceptors (Lipinski definition) is 5. The lowest BCUT2D eigenvalue weighted by atomic mass is 10.3. The molecule has 0 heterocycles. The molecule has 94 valence electrons. The van der Waals surface area contributed by atoms with Crippen LogP contribution in [-0.4, -0.2) is 49.4 Å². The highest BCUT2D eigenvalue weighted by Gasteiger charge is 2.22. The van der Waals surface area contributed by atoms with Crippen molar-refractivity contribution in [3.8, 4) is 0 Å². The first-order valence-electron chi connectivity index (χ1n) is 4.37. The maximum atomic E-state index is 7.33. The van der Waals surface area contributed by atoms with Gasteiger partial charge in [0.2, 0.25) is 0 Å². The molecule has 7 N–H and O–H groups in total. The molecule has 0 aliphatic carbocycles. The molecular weight excluding hydrogens is 228 g/mol. The van der Waals surface area contributed by atoms with Gasteiger partial charge in [-0.25, -0.2) is 0 Å². The fourth-order valence-electron chi connectivity index (χ4n) is 0.875. The first-order valence-corrected chi connectivity index (χ1v) is 6.16. The van der Waals surface area contributed by atoms with Crippen molar-refractivity contribution in [2.45, 2.75) is 0 Å². The van der Waals surface area contributed by atoms with E-state index < -0.39 is 9.05 Å². The van der Waals surface area contributed by atoms with Crippen molar-refractivity contribution in [2.75, 3.05) is 21.1 Å². The summed E-state index contributed by atoms with van der Waals surface area (Å²) < 4.78 is 0.890. The number of benzene rings is 1. The van der Waals surface area contributed by atoms with Crippen LogP contribution in [0.1, 0.15) is 0 Å². The Morgan fingerprint density at radius 1 is 0.875 bits per heavy atom. The van der Waals surface area contributed by atoms with Gasteiger partial charge in [0.25, 0.3) is 0 Å². The molecule has 16 heavy (non-hydrogen) atoms. The molecule has 0 saturated heterocycles. The van der Waals surface area contributed by atoms with Crippen LogP contribution >= 0.6 is 0 Å². The Hall–Kier alpha value is -0.803. The second-order valence-electron chi connectivity index (χ2n) is 3.95. The van der Waals surface area contributed by atoms with Gasteiger partial charge in [0.15, 0.2) is 0 Å². The Labute approximate surface area is 96.7 Å². The van der Waals surface area contributed by atoms with Crippen LogP contribution in [0.3, 0.4) is 0 Å². The number of hydrogen-bond donors (Lipinski definition) is 5. The summed E-state index contributed by atoms with van der Waals surface area (Å²) in [6, 6.07) is 10.5. The summed E-state index contributed by atoms with van der Waals surface area (Å²) in [4.78, 5) is 29.3. The fourth-order valence-corrected chi connectivity index (χ4v) is 0.875. The molecule has 0 amide bonds. The molecule has 0 saturated carbocycles. The monoisotopic (exact) mass is 249 g/mol. The molecule has 0 spiro atoms. The molecule has 1 rings (SSSR count). The predicted octanol–water partition coefficient (Wildman–Crippen LogP) is -0.563. The van der Waals surface area contributed by atoms with Gasteiger partial charge in [-0.2, -0.15) is 0 Å². The minimum Gasteiger partial charge on any atom is -0.368 e. The Morgan fingerprint density at radius 2 is 1.19 bits per heavy atom. The van der Waals surface area contributed by atoms with E-state index in [1.807, 2.05) is 6.07 Å². The van der Waals surface area contributed by atoms with Gasteiger partial charge < -0.3 is 25.3 Å². The van der Waals surface area contributed by atoms with Gasteiger partial charge in [-0.15, -0.1) is 0 Å². The smallest absolute Gasteiger partial charge is 0.368 e. The quantitative estimate of drug-likeness (QED) is 0.338. The van der Waals surface area contributed by atoms with Gasteiger partial charge >= 0.3 is 9.05 Å². The van der Waals surface area contributed by atoms with Crippen LogP contribution in [0.15, 0.2) is 30.3 Å². The van der Waals surface area contributed by atoms with Gasteiger partial charge in [0.1, 0.15) is 5.69 Å². The average Bonchev–Trinajstić information content (AvgIpc) is 2.01. The first-order chi connectivity index (χ1) is 6.61. The number of quaternary nitrogens is 1. The standard InChI is InChI=1S/C9H14N.H3N.H4O4Si/c1-10(2,3)9-7-5-4-6-8-9;;1-5(2,3)4/h4-8H,1-3H3;1H3;1-4H/q+1;;. The molecule has 0 bridgehead atoms. The zero-order valence-electron chi connectivity index (χ0n) is 9.83. The lowest BCUT2D eigenvalue weighted by molar-refractivity contribution is 0.117. The van der Waals surface area contributed by atoms with Gasteiger partial charge in [0.05, 0.1) is 21.1 Å². The second kappa shape index (κ2) is 6.71. The minimum atomic E-state index is -4.61. The number of para-hydroxylation sites is 1. The summed E-state index contributed by atoms with van der Waals surface area (Å²) in [5.41, 5.74) is 1.34. The van der Waals surface area contributed by atoms with E-state index in [9.17, 15) is 0 Å². The van der Waals surface area contributed by atoms with E-state index in [1.54, 1.807) is 0 Å². The molecule has 0 aliphatic heterocycles. The molecular formula is C9H21N2O4Si+. The van der Waals surface area contributed by atoms with Crippen molar-refractivity contribution in [3.05, 3.63) is 30.3 Å². The van der Waals surface area contributed by atoms with Crippen LogP contribution < -0.4 is 10.6 Å². The molecule has 0 aromatic heterocycles. The summed E-state index contributed by atoms with van der Waals surface area (Å²) >= 11 is 0.